The maximum atomic E-state index is 4.36. The third-order valence-electron chi connectivity index (χ3n) is 4.06. The first-order valence-electron chi connectivity index (χ1n) is 7.20. The lowest BCUT2D eigenvalue weighted by atomic mass is 9.97. The van der Waals surface area contributed by atoms with Crippen LogP contribution in [0.25, 0.3) is 5.69 Å². The van der Waals surface area contributed by atoms with Crippen molar-refractivity contribution in [1.82, 2.24) is 14.9 Å². The summed E-state index contributed by atoms with van der Waals surface area (Å²) in [6.07, 6.45) is 7.64. The topological polar surface area (TPSA) is 29.9 Å². The van der Waals surface area contributed by atoms with Gasteiger partial charge >= 0.3 is 0 Å². The summed E-state index contributed by atoms with van der Waals surface area (Å²) in [5.41, 5.74) is 3.68. The van der Waals surface area contributed by atoms with Crippen molar-refractivity contribution in [3.05, 3.63) is 46.5 Å². The van der Waals surface area contributed by atoms with E-state index in [0.29, 0.717) is 12.1 Å². The number of piperidine rings is 1. The molecule has 1 N–H and O–H groups in total. The smallest absolute Gasteiger partial charge is 0.0994 e. The van der Waals surface area contributed by atoms with Crippen LogP contribution in [0.5, 0.6) is 0 Å². The average molecular weight is 334 g/mol. The number of aryl methyl sites for hydroxylation is 1. The minimum Gasteiger partial charge on any atom is -0.306 e. The summed E-state index contributed by atoms with van der Waals surface area (Å²) in [5, 5.41) is 3.68. The summed E-state index contributed by atoms with van der Waals surface area (Å²) in [6.45, 7) is 4.38. The second-order valence-electron chi connectivity index (χ2n) is 5.67. The fraction of sp³-hybridized carbons (Fsp3) is 0.438. The summed E-state index contributed by atoms with van der Waals surface area (Å²) >= 11 is 3.56. The molecule has 0 amide bonds. The Hall–Kier alpha value is -1.13. The first-order chi connectivity index (χ1) is 9.65. The predicted octanol–water partition coefficient (Wildman–Crippen LogP) is 4.15. The van der Waals surface area contributed by atoms with Crippen molar-refractivity contribution >= 4 is 15.9 Å². The molecule has 1 fully saturated rings. The zero-order valence-electron chi connectivity index (χ0n) is 11.9. The Balaban J connectivity index is 1.95. The van der Waals surface area contributed by atoms with Gasteiger partial charge in [-0.1, -0.05) is 15.9 Å². The number of nitrogens with zero attached hydrogens (tertiary/aromatic N) is 2. The van der Waals surface area contributed by atoms with Crippen LogP contribution in [0.3, 0.4) is 0 Å². The van der Waals surface area contributed by atoms with Gasteiger partial charge in [-0.2, -0.15) is 0 Å². The van der Waals surface area contributed by atoms with Crippen molar-refractivity contribution in [2.75, 3.05) is 0 Å². The molecule has 0 aliphatic carbocycles. The van der Waals surface area contributed by atoms with Gasteiger partial charge in [-0.25, -0.2) is 4.98 Å². The van der Waals surface area contributed by atoms with Gasteiger partial charge in [0.2, 0.25) is 0 Å². The zero-order chi connectivity index (χ0) is 14.1. The summed E-state index contributed by atoms with van der Waals surface area (Å²) in [6, 6.07) is 7.43. The highest BCUT2D eigenvalue weighted by Gasteiger charge is 2.22. The Bertz CT molecular complexity index is 606. The lowest BCUT2D eigenvalue weighted by Crippen LogP contribution is -2.35. The lowest BCUT2D eigenvalue weighted by Gasteiger charge is -2.29. The molecule has 1 aliphatic heterocycles. The number of aromatic nitrogens is 2. The molecule has 0 saturated carbocycles. The molecule has 106 valence electrons. The van der Waals surface area contributed by atoms with E-state index in [2.05, 4.69) is 62.8 Å². The van der Waals surface area contributed by atoms with Crippen molar-refractivity contribution in [1.29, 1.82) is 0 Å². The van der Waals surface area contributed by atoms with Crippen LogP contribution in [-0.4, -0.2) is 15.6 Å². The Morgan fingerprint density at radius 2 is 2.20 bits per heavy atom. The Morgan fingerprint density at radius 3 is 2.95 bits per heavy atom. The number of nitrogens with one attached hydrogen (secondary N) is 1. The van der Waals surface area contributed by atoms with Gasteiger partial charge in [-0.05, 0) is 56.9 Å². The number of hydrogen-bond acceptors (Lipinski definition) is 2. The van der Waals surface area contributed by atoms with Crippen LogP contribution in [0.1, 0.15) is 43.5 Å². The highest BCUT2D eigenvalue weighted by atomic mass is 79.9. The van der Waals surface area contributed by atoms with Gasteiger partial charge in [0.1, 0.15) is 0 Å². The monoisotopic (exact) mass is 333 g/mol. The summed E-state index contributed by atoms with van der Waals surface area (Å²) < 4.78 is 3.35. The first-order valence-corrected chi connectivity index (χ1v) is 7.99. The molecule has 2 atom stereocenters. The number of rotatable bonds is 2. The fourth-order valence-electron chi connectivity index (χ4n) is 2.93. The third-order valence-corrected chi connectivity index (χ3v) is 4.95. The van der Waals surface area contributed by atoms with Crippen LogP contribution < -0.4 is 5.32 Å². The molecule has 2 unspecified atom stereocenters. The Labute approximate surface area is 128 Å². The maximum absolute atomic E-state index is 4.36. The molecule has 1 aromatic heterocycles. The summed E-state index contributed by atoms with van der Waals surface area (Å²) in [7, 11) is 0. The van der Waals surface area contributed by atoms with E-state index < -0.39 is 0 Å². The molecule has 20 heavy (non-hydrogen) atoms. The lowest BCUT2D eigenvalue weighted by molar-refractivity contribution is 0.334. The van der Waals surface area contributed by atoms with Crippen molar-refractivity contribution < 1.29 is 0 Å². The molecule has 0 spiro atoms. The summed E-state index contributed by atoms with van der Waals surface area (Å²) in [5.74, 6) is 0. The highest BCUT2D eigenvalue weighted by molar-refractivity contribution is 9.10. The van der Waals surface area contributed by atoms with Crippen LogP contribution in [-0.2, 0) is 0 Å². The minimum absolute atomic E-state index is 0.408. The molecule has 1 aliphatic rings. The number of halogens is 1. The van der Waals surface area contributed by atoms with Crippen molar-refractivity contribution in [2.45, 2.75) is 45.2 Å². The van der Waals surface area contributed by atoms with Gasteiger partial charge in [-0.3, -0.25) is 0 Å². The molecule has 0 radical (unpaired) electrons. The van der Waals surface area contributed by atoms with Crippen LogP contribution in [0.4, 0.5) is 0 Å². The van der Waals surface area contributed by atoms with E-state index in [-0.39, 0.29) is 0 Å². The number of imidazole rings is 1. The standard InChI is InChI=1S/C16H20BrN3/c1-11-8-13(6-7-14(11)17)20-10-18-9-16(20)15-5-3-4-12(2)19-15/h6-10,12,15,19H,3-5H2,1-2H3. The van der Waals surface area contributed by atoms with Gasteiger partial charge in [-0.15, -0.1) is 0 Å². The molecular weight excluding hydrogens is 314 g/mol. The van der Waals surface area contributed by atoms with E-state index in [4.69, 9.17) is 0 Å². The molecule has 2 aromatic rings. The van der Waals surface area contributed by atoms with E-state index in [1.807, 2.05) is 12.5 Å². The molecule has 1 saturated heterocycles. The van der Waals surface area contributed by atoms with Crippen LogP contribution >= 0.6 is 15.9 Å². The summed E-state index contributed by atoms with van der Waals surface area (Å²) in [4.78, 5) is 4.36. The minimum atomic E-state index is 0.408. The molecular formula is C16H20BrN3. The van der Waals surface area contributed by atoms with E-state index in [0.717, 1.165) is 4.47 Å². The van der Waals surface area contributed by atoms with E-state index in [1.165, 1.54) is 36.2 Å². The van der Waals surface area contributed by atoms with Crippen molar-refractivity contribution in [3.63, 3.8) is 0 Å². The number of benzene rings is 1. The second kappa shape index (κ2) is 5.70. The average Bonchev–Trinajstić information content (AvgIpc) is 2.91. The molecule has 3 nitrogen and oxygen atoms in total. The third kappa shape index (κ3) is 2.67. The quantitative estimate of drug-likeness (QED) is 0.894. The van der Waals surface area contributed by atoms with Crippen molar-refractivity contribution in [3.8, 4) is 5.69 Å². The van der Waals surface area contributed by atoms with Crippen LogP contribution in [0.15, 0.2) is 35.2 Å². The van der Waals surface area contributed by atoms with E-state index in [9.17, 15) is 0 Å². The van der Waals surface area contributed by atoms with Gasteiger partial charge in [0.05, 0.1) is 18.2 Å². The zero-order valence-corrected chi connectivity index (χ0v) is 13.5. The molecule has 1 aromatic carbocycles. The van der Waals surface area contributed by atoms with Gasteiger partial charge in [0, 0.05) is 22.2 Å². The Kier molecular flexibility index (Phi) is 3.94. The van der Waals surface area contributed by atoms with Crippen LogP contribution in [0.2, 0.25) is 0 Å². The van der Waals surface area contributed by atoms with E-state index >= 15 is 0 Å². The predicted molar refractivity (Wildman–Crippen MR) is 85.2 cm³/mol. The number of hydrogen-bond donors (Lipinski definition) is 1. The van der Waals surface area contributed by atoms with Gasteiger partial charge in [0.25, 0.3) is 0 Å². The first kappa shape index (κ1) is 13.8. The normalized spacial score (nSPS) is 22.9. The maximum Gasteiger partial charge on any atom is 0.0994 e. The van der Waals surface area contributed by atoms with Gasteiger partial charge < -0.3 is 9.88 Å². The molecule has 0 bridgehead atoms. The van der Waals surface area contributed by atoms with Crippen molar-refractivity contribution in [2.24, 2.45) is 0 Å². The SMILES string of the molecule is Cc1cc(-n2cncc2C2CCCC(C)N2)ccc1Br. The van der Waals surface area contributed by atoms with E-state index in [1.54, 1.807) is 0 Å². The largest absolute Gasteiger partial charge is 0.306 e. The fourth-order valence-corrected chi connectivity index (χ4v) is 3.18. The second-order valence-corrected chi connectivity index (χ2v) is 6.53. The van der Waals surface area contributed by atoms with Gasteiger partial charge in [0.15, 0.2) is 0 Å². The molecule has 4 heteroatoms. The molecule has 3 rings (SSSR count). The van der Waals surface area contributed by atoms with Crippen LogP contribution in [0, 0.1) is 6.92 Å². The Morgan fingerprint density at radius 1 is 1.35 bits per heavy atom. The molecule has 2 heterocycles. The highest BCUT2D eigenvalue weighted by Crippen LogP contribution is 2.28.